The van der Waals surface area contributed by atoms with Gasteiger partial charge in [0.1, 0.15) is 11.6 Å². The van der Waals surface area contributed by atoms with Gasteiger partial charge >= 0.3 is 5.69 Å². The van der Waals surface area contributed by atoms with Gasteiger partial charge in [-0.25, -0.2) is 13.9 Å². The van der Waals surface area contributed by atoms with Crippen LogP contribution >= 0.6 is 11.6 Å². The SMILES string of the molecule is CC(C)CCNC(=O)C1CCCn2c1nn(Cc1c(F)cccc1Cl)c2=O. The molecule has 27 heavy (non-hydrogen) atoms. The number of rotatable bonds is 6. The van der Waals surface area contributed by atoms with E-state index in [0.717, 1.165) is 12.8 Å². The highest BCUT2D eigenvalue weighted by molar-refractivity contribution is 6.31. The Labute approximate surface area is 162 Å². The van der Waals surface area contributed by atoms with Crippen molar-refractivity contribution in [1.82, 2.24) is 19.7 Å². The Kier molecular flexibility index (Phi) is 5.99. The first kappa shape index (κ1) is 19.6. The monoisotopic (exact) mass is 394 g/mol. The van der Waals surface area contributed by atoms with Gasteiger partial charge in [0.15, 0.2) is 0 Å². The fourth-order valence-corrected chi connectivity index (χ4v) is 3.52. The molecule has 2 aromatic rings. The standard InChI is InChI=1S/C19H24ClFN4O2/c1-12(2)8-9-22-18(26)13-5-4-10-24-17(13)23-25(19(24)27)11-14-15(20)6-3-7-16(14)21/h3,6-7,12-13H,4-5,8-11H2,1-2H3,(H,22,26). The van der Waals surface area contributed by atoms with Crippen LogP contribution in [-0.2, 0) is 17.9 Å². The van der Waals surface area contributed by atoms with Gasteiger partial charge in [0, 0.05) is 23.7 Å². The zero-order valence-corrected chi connectivity index (χ0v) is 16.3. The first-order valence-electron chi connectivity index (χ1n) is 9.26. The van der Waals surface area contributed by atoms with Gasteiger partial charge in [-0.15, -0.1) is 0 Å². The Bertz CT molecular complexity index is 870. The van der Waals surface area contributed by atoms with Gasteiger partial charge in [-0.2, -0.15) is 5.10 Å². The van der Waals surface area contributed by atoms with Crippen LogP contribution in [0.15, 0.2) is 23.0 Å². The van der Waals surface area contributed by atoms with Gasteiger partial charge in [0.05, 0.1) is 12.5 Å². The molecule has 1 amide bonds. The lowest BCUT2D eigenvalue weighted by atomic mass is 9.98. The summed E-state index contributed by atoms with van der Waals surface area (Å²) in [5.74, 6) is -0.114. The topological polar surface area (TPSA) is 68.9 Å². The molecule has 0 radical (unpaired) electrons. The molecular weight excluding hydrogens is 371 g/mol. The summed E-state index contributed by atoms with van der Waals surface area (Å²) >= 11 is 6.07. The highest BCUT2D eigenvalue weighted by atomic mass is 35.5. The molecule has 8 heteroatoms. The molecule has 1 aliphatic heterocycles. The molecule has 0 saturated heterocycles. The second-order valence-corrected chi connectivity index (χ2v) is 7.73. The highest BCUT2D eigenvalue weighted by Gasteiger charge is 2.31. The van der Waals surface area contributed by atoms with E-state index in [1.807, 2.05) is 0 Å². The van der Waals surface area contributed by atoms with Gasteiger partial charge in [-0.1, -0.05) is 31.5 Å². The quantitative estimate of drug-likeness (QED) is 0.819. The summed E-state index contributed by atoms with van der Waals surface area (Å²) in [4.78, 5) is 25.3. The third-order valence-corrected chi connectivity index (χ3v) is 5.20. The molecule has 0 bridgehead atoms. The maximum absolute atomic E-state index is 14.1. The summed E-state index contributed by atoms with van der Waals surface area (Å²) in [5, 5.41) is 7.54. The van der Waals surface area contributed by atoms with Crippen molar-refractivity contribution in [1.29, 1.82) is 0 Å². The van der Waals surface area contributed by atoms with Crippen LogP contribution in [0, 0.1) is 11.7 Å². The number of hydrogen-bond donors (Lipinski definition) is 1. The molecule has 2 heterocycles. The van der Waals surface area contributed by atoms with Crippen molar-refractivity contribution in [2.75, 3.05) is 6.54 Å². The van der Waals surface area contributed by atoms with E-state index in [4.69, 9.17) is 11.6 Å². The van der Waals surface area contributed by atoms with E-state index in [2.05, 4.69) is 24.3 Å². The summed E-state index contributed by atoms with van der Waals surface area (Å²) in [6.07, 6.45) is 2.26. The number of hydrogen-bond acceptors (Lipinski definition) is 3. The number of carbonyl (C=O) groups is 1. The fraction of sp³-hybridized carbons (Fsp3) is 0.526. The molecular formula is C19H24ClFN4O2. The number of halogens is 2. The lowest BCUT2D eigenvalue weighted by Gasteiger charge is -2.21. The van der Waals surface area contributed by atoms with Crippen molar-refractivity contribution in [2.24, 2.45) is 5.92 Å². The van der Waals surface area contributed by atoms with Crippen LogP contribution in [0.5, 0.6) is 0 Å². The number of amides is 1. The van der Waals surface area contributed by atoms with Crippen LogP contribution in [-0.4, -0.2) is 26.8 Å². The highest BCUT2D eigenvalue weighted by Crippen LogP contribution is 2.25. The van der Waals surface area contributed by atoms with E-state index in [-0.39, 0.29) is 28.7 Å². The van der Waals surface area contributed by atoms with Gasteiger partial charge < -0.3 is 5.32 Å². The van der Waals surface area contributed by atoms with Gasteiger partial charge in [-0.3, -0.25) is 9.36 Å². The average molecular weight is 395 g/mol. The van der Waals surface area contributed by atoms with Crippen LogP contribution in [0.1, 0.15) is 50.4 Å². The summed E-state index contributed by atoms with van der Waals surface area (Å²) in [6, 6.07) is 4.39. The van der Waals surface area contributed by atoms with E-state index in [1.165, 1.54) is 21.4 Å². The minimum Gasteiger partial charge on any atom is -0.355 e. The van der Waals surface area contributed by atoms with Crippen LogP contribution in [0.3, 0.4) is 0 Å². The Balaban J connectivity index is 1.84. The molecule has 0 aliphatic carbocycles. The van der Waals surface area contributed by atoms with E-state index in [9.17, 15) is 14.0 Å². The number of nitrogens with zero attached hydrogens (tertiary/aromatic N) is 3. The molecule has 1 atom stereocenters. The normalized spacial score (nSPS) is 16.4. The Morgan fingerprint density at radius 2 is 2.22 bits per heavy atom. The largest absolute Gasteiger partial charge is 0.355 e. The summed E-state index contributed by atoms with van der Waals surface area (Å²) in [7, 11) is 0. The molecule has 3 rings (SSSR count). The number of benzene rings is 1. The average Bonchev–Trinajstić information content (AvgIpc) is 2.94. The summed E-state index contributed by atoms with van der Waals surface area (Å²) in [5.41, 5.74) is -0.126. The zero-order valence-electron chi connectivity index (χ0n) is 15.5. The molecule has 0 fully saturated rings. The van der Waals surface area contributed by atoms with Gasteiger partial charge in [0.2, 0.25) is 5.91 Å². The van der Waals surface area contributed by atoms with E-state index in [1.54, 1.807) is 6.07 Å². The first-order valence-corrected chi connectivity index (χ1v) is 9.64. The molecule has 146 valence electrons. The third-order valence-electron chi connectivity index (χ3n) is 4.84. The van der Waals surface area contributed by atoms with Crippen molar-refractivity contribution < 1.29 is 9.18 Å². The zero-order chi connectivity index (χ0) is 19.6. The summed E-state index contributed by atoms with van der Waals surface area (Å²) in [6.45, 7) is 5.24. The predicted octanol–water partition coefficient (Wildman–Crippen LogP) is 2.93. The number of aromatic nitrogens is 3. The van der Waals surface area contributed by atoms with E-state index < -0.39 is 11.7 Å². The van der Waals surface area contributed by atoms with Crippen molar-refractivity contribution >= 4 is 17.5 Å². The lowest BCUT2D eigenvalue weighted by Crippen LogP contribution is -2.35. The molecule has 1 unspecified atom stereocenters. The second kappa shape index (κ2) is 8.25. The molecule has 1 aromatic heterocycles. The van der Waals surface area contributed by atoms with Crippen molar-refractivity contribution in [3.63, 3.8) is 0 Å². The van der Waals surface area contributed by atoms with E-state index >= 15 is 0 Å². The van der Waals surface area contributed by atoms with Crippen LogP contribution in [0.25, 0.3) is 0 Å². The van der Waals surface area contributed by atoms with Crippen LogP contribution in [0.4, 0.5) is 4.39 Å². The molecule has 1 aromatic carbocycles. The van der Waals surface area contributed by atoms with Crippen LogP contribution in [0.2, 0.25) is 5.02 Å². The molecule has 1 N–H and O–H groups in total. The minimum atomic E-state index is -0.483. The number of carbonyl (C=O) groups excluding carboxylic acids is 1. The molecule has 6 nitrogen and oxygen atoms in total. The first-order chi connectivity index (χ1) is 12.9. The Morgan fingerprint density at radius 3 is 2.93 bits per heavy atom. The third kappa shape index (κ3) is 4.24. The fourth-order valence-electron chi connectivity index (χ4n) is 3.30. The Hall–Kier alpha value is -2.15. The molecule has 0 spiro atoms. The Morgan fingerprint density at radius 1 is 1.44 bits per heavy atom. The van der Waals surface area contributed by atoms with Crippen molar-refractivity contribution in [2.45, 2.75) is 52.1 Å². The maximum Gasteiger partial charge on any atom is 0.346 e. The molecule has 1 aliphatic rings. The summed E-state index contributed by atoms with van der Waals surface area (Å²) < 4.78 is 16.8. The molecule has 0 saturated carbocycles. The van der Waals surface area contributed by atoms with Crippen molar-refractivity contribution in [3.8, 4) is 0 Å². The minimum absolute atomic E-state index is 0.0635. The van der Waals surface area contributed by atoms with Crippen molar-refractivity contribution in [3.05, 3.63) is 50.9 Å². The lowest BCUT2D eigenvalue weighted by molar-refractivity contribution is -0.123. The van der Waals surface area contributed by atoms with Gasteiger partial charge in [-0.05, 0) is 37.3 Å². The van der Waals surface area contributed by atoms with Crippen LogP contribution < -0.4 is 11.0 Å². The van der Waals surface area contributed by atoms with E-state index in [0.29, 0.717) is 31.3 Å². The number of nitrogens with one attached hydrogen (secondary N) is 1. The second-order valence-electron chi connectivity index (χ2n) is 7.32. The smallest absolute Gasteiger partial charge is 0.346 e. The van der Waals surface area contributed by atoms with Gasteiger partial charge in [0.25, 0.3) is 0 Å². The maximum atomic E-state index is 14.1. The number of fused-ring (bicyclic) bond motifs is 1. The predicted molar refractivity (Wildman–Crippen MR) is 101 cm³/mol.